The van der Waals surface area contributed by atoms with E-state index in [-0.39, 0.29) is 0 Å². The molecule has 0 spiro atoms. The molecule has 0 atom stereocenters. The van der Waals surface area contributed by atoms with Crippen LogP contribution < -0.4 is 16.6 Å². The Labute approximate surface area is 107 Å². The van der Waals surface area contributed by atoms with Gasteiger partial charge in [-0.25, -0.2) is 10.8 Å². The van der Waals surface area contributed by atoms with Gasteiger partial charge in [0.05, 0.1) is 12.4 Å². The molecule has 0 aliphatic heterocycles. The predicted molar refractivity (Wildman–Crippen MR) is 72.3 cm³/mol. The molecule has 16 heavy (non-hydrogen) atoms. The SMILES string of the molecule is NNc1cncc(Nc2ccc(I)cc2)n1. The quantitative estimate of drug-likeness (QED) is 0.457. The lowest BCUT2D eigenvalue weighted by molar-refractivity contribution is 1.16. The van der Waals surface area contributed by atoms with E-state index in [1.807, 2.05) is 24.3 Å². The van der Waals surface area contributed by atoms with Gasteiger partial charge in [0.25, 0.3) is 0 Å². The Morgan fingerprint density at radius 3 is 2.44 bits per heavy atom. The number of rotatable bonds is 3. The van der Waals surface area contributed by atoms with E-state index in [9.17, 15) is 0 Å². The van der Waals surface area contributed by atoms with Crippen LogP contribution in [-0.2, 0) is 0 Å². The number of aromatic nitrogens is 2. The van der Waals surface area contributed by atoms with Gasteiger partial charge >= 0.3 is 0 Å². The number of nitrogens with zero attached hydrogens (tertiary/aromatic N) is 2. The molecule has 1 heterocycles. The molecule has 0 amide bonds. The average molecular weight is 327 g/mol. The number of hydrogen-bond donors (Lipinski definition) is 3. The summed E-state index contributed by atoms with van der Waals surface area (Å²) in [5, 5.41) is 3.13. The van der Waals surface area contributed by atoms with Gasteiger partial charge in [0.2, 0.25) is 0 Å². The van der Waals surface area contributed by atoms with Gasteiger partial charge in [0.1, 0.15) is 0 Å². The van der Waals surface area contributed by atoms with Crippen LogP contribution >= 0.6 is 22.6 Å². The van der Waals surface area contributed by atoms with Crippen molar-refractivity contribution < 1.29 is 0 Å². The molecule has 4 N–H and O–H groups in total. The molecule has 2 rings (SSSR count). The summed E-state index contributed by atoms with van der Waals surface area (Å²) in [7, 11) is 0. The normalized spacial score (nSPS) is 9.88. The molecule has 5 nitrogen and oxygen atoms in total. The number of nitrogens with one attached hydrogen (secondary N) is 2. The van der Waals surface area contributed by atoms with Crippen molar-refractivity contribution in [3.05, 3.63) is 40.2 Å². The van der Waals surface area contributed by atoms with Crippen molar-refractivity contribution in [3.8, 4) is 0 Å². The van der Waals surface area contributed by atoms with E-state index in [4.69, 9.17) is 5.84 Å². The summed E-state index contributed by atoms with van der Waals surface area (Å²) < 4.78 is 1.19. The number of nitrogens with two attached hydrogens (primary N) is 1. The third kappa shape index (κ3) is 2.80. The lowest BCUT2D eigenvalue weighted by Gasteiger charge is -2.06. The van der Waals surface area contributed by atoms with Gasteiger partial charge in [-0.05, 0) is 46.9 Å². The minimum absolute atomic E-state index is 0.524. The largest absolute Gasteiger partial charge is 0.339 e. The zero-order chi connectivity index (χ0) is 11.4. The van der Waals surface area contributed by atoms with Gasteiger partial charge in [-0.2, -0.15) is 0 Å². The topological polar surface area (TPSA) is 75.9 Å². The monoisotopic (exact) mass is 327 g/mol. The highest BCUT2D eigenvalue weighted by molar-refractivity contribution is 14.1. The van der Waals surface area contributed by atoms with E-state index in [1.54, 1.807) is 12.4 Å². The van der Waals surface area contributed by atoms with E-state index in [1.165, 1.54) is 3.57 Å². The van der Waals surface area contributed by atoms with Crippen LogP contribution in [0.4, 0.5) is 17.3 Å². The van der Waals surface area contributed by atoms with E-state index >= 15 is 0 Å². The smallest absolute Gasteiger partial charge is 0.160 e. The summed E-state index contributed by atoms with van der Waals surface area (Å²) in [6.07, 6.45) is 3.19. The molecule has 0 aliphatic rings. The average Bonchev–Trinajstić information content (AvgIpc) is 2.32. The number of anilines is 3. The van der Waals surface area contributed by atoms with E-state index in [2.05, 4.69) is 43.3 Å². The fourth-order valence-corrected chi connectivity index (χ4v) is 1.54. The number of nitrogen functional groups attached to an aromatic ring is 1. The highest BCUT2D eigenvalue weighted by atomic mass is 127. The van der Waals surface area contributed by atoms with Crippen molar-refractivity contribution in [2.45, 2.75) is 0 Å². The molecule has 0 radical (unpaired) electrons. The molecule has 1 aromatic carbocycles. The molecule has 82 valence electrons. The predicted octanol–water partition coefficient (Wildman–Crippen LogP) is 2.11. The summed E-state index contributed by atoms with van der Waals surface area (Å²) >= 11 is 2.26. The third-order valence-corrected chi connectivity index (χ3v) is 2.62. The molecular formula is C10H10IN5. The van der Waals surface area contributed by atoms with Crippen molar-refractivity contribution in [1.29, 1.82) is 0 Å². The molecule has 0 bridgehead atoms. The Bertz CT molecular complexity index is 471. The Balaban J connectivity index is 2.16. The minimum Gasteiger partial charge on any atom is -0.339 e. The van der Waals surface area contributed by atoms with Crippen LogP contribution in [0.25, 0.3) is 0 Å². The lowest BCUT2D eigenvalue weighted by atomic mass is 10.3. The van der Waals surface area contributed by atoms with Crippen molar-refractivity contribution >= 4 is 39.9 Å². The summed E-state index contributed by atoms with van der Waals surface area (Å²) in [6.45, 7) is 0. The van der Waals surface area contributed by atoms with Gasteiger partial charge in [-0.3, -0.25) is 4.98 Å². The van der Waals surface area contributed by atoms with Crippen LogP contribution in [0, 0.1) is 3.57 Å². The summed E-state index contributed by atoms with van der Waals surface area (Å²) in [5.41, 5.74) is 3.41. The van der Waals surface area contributed by atoms with Crippen LogP contribution in [0.15, 0.2) is 36.7 Å². The Morgan fingerprint density at radius 2 is 1.75 bits per heavy atom. The van der Waals surface area contributed by atoms with Crippen LogP contribution in [-0.4, -0.2) is 9.97 Å². The maximum atomic E-state index is 5.25. The lowest BCUT2D eigenvalue weighted by Crippen LogP contribution is -2.09. The maximum absolute atomic E-state index is 5.25. The number of halogens is 1. The standard InChI is InChI=1S/C10H10IN5/c11-7-1-3-8(4-2-7)14-9-5-13-6-10(15-9)16-12/h1-6H,12H2,(H2,14,15,16). The molecule has 0 unspecified atom stereocenters. The van der Waals surface area contributed by atoms with Crippen molar-refractivity contribution in [2.75, 3.05) is 10.7 Å². The first-order valence-corrected chi connectivity index (χ1v) is 5.67. The first-order chi connectivity index (χ1) is 7.78. The molecule has 0 aliphatic carbocycles. The Hall–Kier alpha value is -1.41. The third-order valence-electron chi connectivity index (χ3n) is 1.90. The second-order valence-corrected chi connectivity index (χ2v) is 4.31. The van der Waals surface area contributed by atoms with Gasteiger partial charge in [0.15, 0.2) is 11.6 Å². The highest BCUT2D eigenvalue weighted by Crippen LogP contribution is 2.16. The molecule has 0 saturated carbocycles. The number of hydrazine groups is 1. The van der Waals surface area contributed by atoms with Gasteiger partial charge in [0, 0.05) is 9.26 Å². The van der Waals surface area contributed by atoms with E-state index in [0.29, 0.717) is 11.6 Å². The minimum atomic E-state index is 0.524. The van der Waals surface area contributed by atoms with Gasteiger partial charge in [-0.1, -0.05) is 0 Å². The Kier molecular flexibility index (Phi) is 3.52. The van der Waals surface area contributed by atoms with E-state index < -0.39 is 0 Å². The van der Waals surface area contributed by atoms with Crippen molar-refractivity contribution in [1.82, 2.24) is 9.97 Å². The number of hydrogen-bond acceptors (Lipinski definition) is 5. The molecule has 1 aromatic heterocycles. The molecule has 6 heteroatoms. The van der Waals surface area contributed by atoms with Crippen molar-refractivity contribution in [2.24, 2.45) is 5.84 Å². The fourth-order valence-electron chi connectivity index (χ4n) is 1.18. The fraction of sp³-hybridized carbons (Fsp3) is 0. The van der Waals surface area contributed by atoms with Crippen LogP contribution in [0.2, 0.25) is 0 Å². The second kappa shape index (κ2) is 5.08. The van der Waals surface area contributed by atoms with Gasteiger partial charge in [-0.15, -0.1) is 0 Å². The summed E-state index contributed by atoms with van der Waals surface area (Å²) in [6, 6.07) is 7.99. The molecular weight excluding hydrogens is 317 g/mol. The summed E-state index contributed by atoms with van der Waals surface area (Å²) in [5.74, 6) is 6.42. The van der Waals surface area contributed by atoms with Crippen LogP contribution in [0.5, 0.6) is 0 Å². The van der Waals surface area contributed by atoms with Crippen LogP contribution in [0.1, 0.15) is 0 Å². The second-order valence-electron chi connectivity index (χ2n) is 3.07. The van der Waals surface area contributed by atoms with Gasteiger partial charge < -0.3 is 10.7 Å². The molecule has 2 aromatic rings. The highest BCUT2D eigenvalue weighted by Gasteiger charge is 1.98. The summed E-state index contributed by atoms with van der Waals surface area (Å²) in [4.78, 5) is 8.20. The van der Waals surface area contributed by atoms with E-state index in [0.717, 1.165) is 5.69 Å². The zero-order valence-corrected chi connectivity index (χ0v) is 10.5. The Morgan fingerprint density at radius 1 is 1.06 bits per heavy atom. The number of benzene rings is 1. The maximum Gasteiger partial charge on any atom is 0.160 e. The molecule has 0 fully saturated rings. The first kappa shape index (κ1) is 11.1. The van der Waals surface area contributed by atoms with Crippen LogP contribution in [0.3, 0.4) is 0 Å². The molecule has 0 saturated heterocycles. The zero-order valence-electron chi connectivity index (χ0n) is 8.31. The first-order valence-electron chi connectivity index (χ1n) is 4.59. The van der Waals surface area contributed by atoms with Crippen molar-refractivity contribution in [3.63, 3.8) is 0 Å².